The summed E-state index contributed by atoms with van der Waals surface area (Å²) in [5.74, 6) is -3.95. The van der Waals surface area contributed by atoms with Crippen LogP contribution in [0.4, 0.5) is 18.3 Å². The van der Waals surface area contributed by atoms with Crippen LogP contribution in [0.15, 0.2) is 29.4 Å². The molecule has 1 amide bonds. The van der Waals surface area contributed by atoms with Crippen LogP contribution in [0.25, 0.3) is 21.3 Å². The van der Waals surface area contributed by atoms with Crippen LogP contribution in [0.3, 0.4) is 0 Å². The van der Waals surface area contributed by atoms with Crippen LogP contribution in [0.5, 0.6) is 5.75 Å². The summed E-state index contributed by atoms with van der Waals surface area (Å²) < 4.78 is 45.9. The van der Waals surface area contributed by atoms with E-state index in [4.69, 9.17) is 4.74 Å². The van der Waals surface area contributed by atoms with Gasteiger partial charge in [0, 0.05) is 6.07 Å². The number of amides is 1. The Morgan fingerprint density at radius 1 is 1.24 bits per heavy atom. The second-order valence-corrected chi connectivity index (χ2v) is 7.84. The monoisotopic (exact) mass is 438 g/mol. The lowest BCUT2D eigenvalue weighted by Crippen LogP contribution is -2.13. The van der Waals surface area contributed by atoms with Crippen molar-refractivity contribution in [1.82, 2.24) is 15.0 Å². The van der Waals surface area contributed by atoms with Crippen molar-refractivity contribution in [2.45, 2.75) is 12.1 Å². The number of thioether (sulfide) groups is 1. The van der Waals surface area contributed by atoms with Crippen molar-refractivity contribution in [2.24, 2.45) is 0 Å². The van der Waals surface area contributed by atoms with Crippen molar-refractivity contribution in [2.75, 3.05) is 17.7 Å². The maximum Gasteiger partial charge on any atom is 0.236 e. The number of thiazole rings is 1. The smallest absolute Gasteiger partial charge is 0.236 e. The fraction of sp³-hybridized carbons (Fsp3) is 0.167. The summed E-state index contributed by atoms with van der Waals surface area (Å²) in [6.45, 7) is 2.44. The Morgan fingerprint density at radius 2 is 2.07 bits per heavy atom. The van der Waals surface area contributed by atoms with Crippen LogP contribution < -0.4 is 10.1 Å². The van der Waals surface area contributed by atoms with Crippen LogP contribution in [-0.2, 0) is 4.79 Å². The Bertz CT molecular complexity index is 1220. The van der Waals surface area contributed by atoms with E-state index >= 15 is 0 Å². The molecule has 0 aliphatic rings. The Balaban J connectivity index is 1.43. The zero-order valence-electron chi connectivity index (χ0n) is 14.9. The van der Waals surface area contributed by atoms with Crippen LogP contribution in [-0.4, -0.2) is 33.2 Å². The number of hydrogen-bond acceptors (Lipinski definition) is 6. The molecule has 0 spiro atoms. The minimum atomic E-state index is -1.59. The van der Waals surface area contributed by atoms with Crippen molar-refractivity contribution in [1.29, 1.82) is 0 Å². The molecule has 0 radical (unpaired) electrons. The summed E-state index contributed by atoms with van der Waals surface area (Å²) >= 11 is 2.03. The fourth-order valence-electron chi connectivity index (χ4n) is 2.61. The van der Waals surface area contributed by atoms with E-state index < -0.39 is 23.4 Å². The Labute approximate surface area is 170 Å². The van der Waals surface area contributed by atoms with Gasteiger partial charge in [-0.15, -0.1) is 0 Å². The van der Waals surface area contributed by atoms with Gasteiger partial charge in [-0.05, 0) is 25.1 Å². The number of ether oxygens (including phenoxy) is 1. The number of benzene rings is 2. The predicted octanol–water partition coefficient (Wildman–Crippen LogP) is 4.72. The SMILES string of the molecule is CCOc1ccc2nc(SCC(=O)Nc3nc4c(F)c(F)c(F)cc4s3)[nH]c2c1. The molecule has 4 aromatic rings. The Morgan fingerprint density at radius 3 is 2.86 bits per heavy atom. The number of imidazole rings is 1. The molecule has 2 N–H and O–H groups in total. The number of rotatable bonds is 6. The first-order valence-corrected chi connectivity index (χ1v) is 10.2. The van der Waals surface area contributed by atoms with Crippen LogP contribution in [0.1, 0.15) is 6.92 Å². The highest BCUT2D eigenvalue weighted by Crippen LogP contribution is 2.30. The second-order valence-electron chi connectivity index (χ2n) is 5.84. The number of hydrogen-bond donors (Lipinski definition) is 2. The molecular weight excluding hydrogens is 425 g/mol. The summed E-state index contributed by atoms with van der Waals surface area (Å²) in [5, 5.41) is 3.10. The average molecular weight is 438 g/mol. The molecule has 150 valence electrons. The molecule has 0 saturated heterocycles. The van der Waals surface area contributed by atoms with Gasteiger partial charge in [0.05, 0.1) is 28.1 Å². The third kappa shape index (κ3) is 4.01. The number of carbonyl (C=O) groups is 1. The van der Waals surface area contributed by atoms with Gasteiger partial charge in [0.1, 0.15) is 11.3 Å². The van der Waals surface area contributed by atoms with Gasteiger partial charge in [-0.1, -0.05) is 23.1 Å². The maximum absolute atomic E-state index is 13.7. The molecule has 2 heterocycles. The highest BCUT2D eigenvalue weighted by Gasteiger charge is 2.18. The van der Waals surface area contributed by atoms with Crippen LogP contribution in [0, 0.1) is 17.5 Å². The number of aromatic nitrogens is 3. The number of aromatic amines is 1. The molecule has 0 aliphatic carbocycles. The fourth-order valence-corrected chi connectivity index (χ4v) is 4.20. The zero-order valence-corrected chi connectivity index (χ0v) is 16.5. The standard InChI is InChI=1S/C18H13F3N4O2S2/c1-2-27-8-3-4-10-11(5-8)23-17(22-10)28-7-13(26)24-18-25-16-12(29-18)6-9(19)14(20)15(16)21/h3-6H,2,7H2,1H3,(H,22,23)(H,24,25,26). The van der Waals surface area contributed by atoms with Crippen molar-refractivity contribution in [3.05, 3.63) is 41.7 Å². The lowest BCUT2D eigenvalue weighted by atomic mass is 10.3. The highest BCUT2D eigenvalue weighted by molar-refractivity contribution is 7.99. The van der Waals surface area contributed by atoms with Gasteiger partial charge in [-0.2, -0.15) is 0 Å². The number of halogens is 3. The van der Waals surface area contributed by atoms with Crippen molar-refractivity contribution < 1.29 is 22.7 Å². The Hall–Kier alpha value is -2.79. The summed E-state index contributed by atoms with van der Waals surface area (Å²) in [6, 6.07) is 6.30. The lowest BCUT2D eigenvalue weighted by Gasteiger charge is -2.00. The first kappa shape index (κ1) is 19.5. The molecule has 0 bridgehead atoms. The summed E-state index contributed by atoms with van der Waals surface area (Å²) in [4.78, 5) is 23.5. The van der Waals surface area contributed by atoms with E-state index in [1.54, 1.807) is 0 Å². The van der Waals surface area contributed by atoms with Crippen molar-refractivity contribution in [3.63, 3.8) is 0 Å². The van der Waals surface area contributed by atoms with Gasteiger partial charge in [-0.3, -0.25) is 4.79 Å². The van der Waals surface area contributed by atoms with E-state index in [0.29, 0.717) is 17.5 Å². The van der Waals surface area contributed by atoms with E-state index in [1.807, 2.05) is 25.1 Å². The molecule has 0 fully saturated rings. The molecule has 4 rings (SSSR count). The summed E-state index contributed by atoms with van der Waals surface area (Å²) in [6.07, 6.45) is 0. The van der Waals surface area contributed by atoms with E-state index in [-0.39, 0.29) is 21.1 Å². The summed E-state index contributed by atoms with van der Waals surface area (Å²) in [7, 11) is 0. The van der Waals surface area contributed by atoms with E-state index in [9.17, 15) is 18.0 Å². The topological polar surface area (TPSA) is 79.9 Å². The normalized spacial score (nSPS) is 11.3. The molecule has 29 heavy (non-hydrogen) atoms. The van der Waals surface area contributed by atoms with Gasteiger partial charge in [-0.25, -0.2) is 23.1 Å². The zero-order chi connectivity index (χ0) is 20.5. The number of nitrogens with zero attached hydrogens (tertiary/aromatic N) is 2. The summed E-state index contributed by atoms with van der Waals surface area (Å²) in [5.41, 5.74) is 1.20. The van der Waals surface area contributed by atoms with E-state index in [2.05, 4.69) is 20.3 Å². The predicted molar refractivity (Wildman–Crippen MR) is 106 cm³/mol. The van der Waals surface area contributed by atoms with E-state index in [1.165, 1.54) is 11.8 Å². The molecule has 2 aromatic carbocycles. The van der Waals surface area contributed by atoms with Gasteiger partial charge >= 0.3 is 0 Å². The van der Waals surface area contributed by atoms with Gasteiger partial charge in [0.15, 0.2) is 27.7 Å². The van der Waals surface area contributed by atoms with Crippen molar-refractivity contribution in [3.8, 4) is 5.75 Å². The molecule has 0 atom stereocenters. The first-order chi connectivity index (χ1) is 13.9. The molecule has 0 saturated carbocycles. The lowest BCUT2D eigenvalue weighted by molar-refractivity contribution is -0.113. The Kier molecular flexibility index (Phi) is 5.33. The quantitative estimate of drug-likeness (QED) is 0.336. The third-order valence-corrected chi connectivity index (χ3v) is 5.64. The number of nitrogens with one attached hydrogen (secondary N) is 2. The number of carbonyl (C=O) groups excluding carboxylic acids is 1. The van der Waals surface area contributed by atoms with Gasteiger partial charge in [0.25, 0.3) is 0 Å². The first-order valence-electron chi connectivity index (χ1n) is 8.44. The van der Waals surface area contributed by atoms with Crippen molar-refractivity contribution >= 4 is 55.4 Å². The van der Waals surface area contributed by atoms with Gasteiger partial charge in [0.2, 0.25) is 5.91 Å². The molecule has 11 heteroatoms. The highest BCUT2D eigenvalue weighted by atomic mass is 32.2. The molecule has 6 nitrogen and oxygen atoms in total. The maximum atomic E-state index is 13.7. The van der Waals surface area contributed by atoms with Crippen LogP contribution in [0.2, 0.25) is 0 Å². The number of H-pyrrole nitrogens is 1. The van der Waals surface area contributed by atoms with E-state index in [0.717, 1.165) is 28.4 Å². The number of fused-ring (bicyclic) bond motifs is 2. The number of anilines is 1. The molecule has 0 unspecified atom stereocenters. The van der Waals surface area contributed by atoms with Gasteiger partial charge < -0.3 is 15.0 Å². The minimum absolute atomic E-state index is 0.0132. The minimum Gasteiger partial charge on any atom is -0.494 e. The van der Waals surface area contributed by atoms with Crippen LogP contribution >= 0.6 is 23.1 Å². The largest absolute Gasteiger partial charge is 0.494 e. The molecular formula is C18H13F3N4O2S2. The molecule has 2 aromatic heterocycles. The average Bonchev–Trinajstić information content (AvgIpc) is 3.28. The third-order valence-electron chi connectivity index (χ3n) is 3.85. The molecule has 0 aliphatic heterocycles. The second kappa shape index (κ2) is 7.91.